The Labute approximate surface area is 91.8 Å². The van der Waals surface area contributed by atoms with Gasteiger partial charge in [0.15, 0.2) is 0 Å². The van der Waals surface area contributed by atoms with Crippen molar-refractivity contribution in [3.05, 3.63) is 0 Å². The molecule has 0 bridgehead atoms. The Bertz CT molecular complexity index is 252. The number of rotatable bonds is 3. The topological polar surface area (TPSA) is 55.1 Å². The van der Waals surface area contributed by atoms with Crippen LogP contribution in [0.15, 0.2) is 0 Å². The van der Waals surface area contributed by atoms with Gasteiger partial charge in [-0.3, -0.25) is 4.79 Å². The molecular formula is C12H22N2O. The SMILES string of the molecule is CC1(NC(=O)CC2(N)CCC2)CCCC1. The van der Waals surface area contributed by atoms with Crippen LogP contribution < -0.4 is 11.1 Å². The summed E-state index contributed by atoms with van der Waals surface area (Å²) in [5, 5.41) is 3.16. The van der Waals surface area contributed by atoms with E-state index in [1.807, 2.05) is 0 Å². The van der Waals surface area contributed by atoms with Crippen LogP contribution >= 0.6 is 0 Å². The maximum atomic E-state index is 11.8. The number of carbonyl (C=O) groups is 1. The molecule has 0 aliphatic heterocycles. The molecule has 2 aliphatic rings. The molecule has 0 radical (unpaired) electrons. The van der Waals surface area contributed by atoms with Crippen molar-refractivity contribution in [3.8, 4) is 0 Å². The van der Waals surface area contributed by atoms with Crippen molar-refractivity contribution in [1.29, 1.82) is 0 Å². The number of nitrogens with one attached hydrogen (secondary N) is 1. The molecule has 0 saturated heterocycles. The van der Waals surface area contributed by atoms with Crippen molar-refractivity contribution >= 4 is 5.91 Å². The van der Waals surface area contributed by atoms with Gasteiger partial charge in [-0.05, 0) is 39.0 Å². The van der Waals surface area contributed by atoms with E-state index >= 15 is 0 Å². The first-order chi connectivity index (χ1) is 7.02. The normalized spacial score (nSPS) is 27.1. The Kier molecular flexibility index (Phi) is 2.75. The molecule has 2 rings (SSSR count). The minimum Gasteiger partial charge on any atom is -0.351 e. The van der Waals surface area contributed by atoms with Gasteiger partial charge in [-0.1, -0.05) is 12.8 Å². The highest BCUT2D eigenvalue weighted by molar-refractivity contribution is 5.78. The third-order valence-corrected chi connectivity index (χ3v) is 4.01. The van der Waals surface area contributed by atoms with Gasteiger partial charge in [0.05, 0.1) is 0 Å². The first-order valence-electron chi connectivity index (χ1n) is 6.11. The lowest BCUT2D eigenvalue weighted by Crippen LogP contribution is -2.53. The number of hydrogen-bond acceptors (Lipinski definition) is 2. The molecule has 0 atom stereocenters. The monoisotopic (exact) mass is 210 g/mol. The lowest BCUT2D eigenvalue weighted by Gasteiger charge is -2.38. The van der Waals surface area contributed by atoms with Crippen molar-refractivity contribution in [3.63, 3.8) is 0 Å². The minimum absolute atomic E-state index is 0.0528. The van der Waals surface area contributed by atoms with Gasteiger partial charge >= 0.3 is 0 Å². The van der Waals surface area contributed by atoms with Crippen LogP contribution in [0.1, 0.15) is 58.3 Å². The third-order valence-electron chi connectivity index (χ3n) is 4.01. The van der Waals surface area contributed by atoms with E-state index < -0.39 is 0 Å². The zero-order valence-corrected chi connectivity index (χ0v) is 9.64. The Morgan fingerprint density at radius 3 is 2.27 bits per heavy atom. The van der Waals surface area contributed by atoms with Gasteiger partial charge in [-0.15, -0.1) is 0 Å². The van der Waals surface area contributed by atoms with Crippen LogP contribution in [0.3, 0.4) is 0 Å². The van der Waals surface area contributed by atoms with Gasteiger partial charge in [0.1, 0.15) is 0 Å². The van der Waals surface area contributed by atoms with Crippen molar-refractivity contribution in [2.75, 3.05) is 0 Å². The zero-order valence-electron chi connectivity index (χ0n) is 9.64. The summed E-state index contributed by atoms with van der Waals surface area (Å²) in [5.74, 6) is 0.154. The average Bonchev–Trinajstić information content (AvgIpc) is 2.48. The molecule has 0 aromatic rings. The summed E-state index contributed by atoms with van der Waals surface area (Å²) in [6, 6.07) is 0. The fourth-order valence-corrected chi connectivity index (χ4v) is 2.79. The first kappa shape index (κ1) is 10.9. The van der Waals surface area contributed by atoms with E-state index in [2.05, 4.69) is 12.2 Å². The second-order valence-electron chi connectivity index (χ2n) is 5.71. The second kappa shape index (κ2) is 3.78. The number of carbonyl (C=O) groups excluding carboxylic acids is 1. The smallest absolute Gasteiger partial charge is 0.222 e. The summed E-state index contributed by atoms with van der Waals surface area (Å²) in [7, 11) is 0. The predicted octanol–water partition coefficient (Wildman–Crippen LogP) is 1.71. The summed E-state index contributed by atoms with van der Waals surface area (Å²) >= 11 is 0. The lowest BCUT2D eigenvalue weighted by molar-refractivity contribution is -0.124. The maximum Gasteiger partial charge on any atom is 0.222 e. The van der Waals surface area contributed by atoms with E-state index in [1.165, 1.54) is 19.3 Å². The second-order valence-corrected chi connectivity index (χ2v) is 5.71. The van der Waals surface area contributed by atoms with Gasteiger partial charge in [0.25, 0.3) is 0 Å². The summed E-state index contributed by atoms with van der Waals surface area (Å²) in [4.78, 5) is 11.8. The van der Waals surface area contributed by atoms with Crippen LogP contribution in [-0.4, -0.2) is 17.0 Å². The van der Waals surface area contributed by atoms with Crippen LogP contribution in [0.2, 0.25) is 0 Å². The molecular weight excluding hydrogens is 188 g/mol. The molecule has 0 spiro atoms. The summed E-state index contributed by atoms with van der Waals surface area (Å²) in [5.41, 5.74) is 5.93. The molecule has 0 unspecified atom stereocenters. The Morgan fingerprint density at radius 1 is 1.20 bits per heavy atom. The molecule has 3 nitrogen and oxygen atoms in total. The largest absolute Gasteiger partial charge is 0.351 e. The van der Waals surface area contributed by atoms with E-state index in [9.17, 15) is 4.79 Å². The fourth-order valence-electron chi connectivity index (χ4n) is 2.79. The van der Waals surface area contributed by atoms with E-state index in [4.69, 9.17) is 5.73 Å². The summed E-state index contributed by atoms with van der Waals surface area (Å²) in [6.07, 6.45) is 8.44. The molecule has 2 fully saturated rings. The summed E-state index contributed by atoms with van der Waals surface area (Å²) in [6.45, 7) is 2.15. The number of amides is 1. The standard InChI is InChI=1S/C12H22N2O/c1-11(5-2-3-6-11)14-10(15)9-12(13)7-4-8-12/h2-9,13H2,1H3,(H,14,15). The van der Waals surface area contributed by atoms with E-state index in [-0.39, 0.29) is 17.0 Å². The minimum atomic E-state index is -0.182. The molecule has 3 N–H and O–H groups in total. The first-order valence-corrected chi connectivity index (χ1v) is 6.11. The van der Waals surface area contributed by atoms with Crippen molar-refractivity contribution in [1.82, 2.24) is 5.32 Å². The molecule has 2 aliphatic carbocycles. The zero-order chi connectivity index (χ0) is 10.9. The molecule has 15 heavy (non-hydrogen) atoms. The van der Waals surface area contributed by atoms with Gasteiger partial charge in [0.2, 0.25) is 5.91 Å². The van der Waals surface area contributed by atoms with Gasteiger partial charge in [-0.25, -0.2) is 0 Å². The molecule has 0 aromatic heterocycles. The third kappa shape index (κ3) is 2.51. The highest BCUT2D eigenvalue weighted by atomic mass is 16.1. The fraction of sp³-hybridized carbons (Fsp3) is 0.917. The van der Waals surface area contributed by atoms with Crippen molar-refractivity contribution < 1.29 is 4.79 Å². The van der Waals surface area contributed by atoms with E-state index in [0.717, 1.165) is 25.7 Å². The van der Waals surface area contributed by atoms with Crippen LogP contribution in [0.4, 0.5) is 0 Å². The molecule has 86 valence electrons. The quantitative estimate of drug-likeness (QED) is 0.745. The molecule has 0 aromatic carbocycles. The van der Waals surface area contributed by atoms with Gasteiger partial charge in [-0.2, -0.15) is 0 Å². The Morgan fingerprint density at radius 2 is 1.80 bits per heavy atom. The van der Waals surface area contributed by atoms with Crippen molar-refractivity contribution in [2.24, 2.45) is 5.73 Å². The highest BCUT2D eigenvalue weighted by Crippen LogP contribution is 2.33. The van der Waals surface area contributed by atoms with Gasteiger partial charge < -0.3 is 11.1 Å². The molecule has 1 amide bonds. The predicted molar refractivity (Wildman–Crippen MR) is 60.4 cm³/mol. The lowest BCUT2D eigenvalue weighted by atomic mass is 9.75. The van der Waals surface area contributed by atoms with Crippen LogP contribution in [0.25, 0.3) is 0 Å². The molecule has 0 heterocycles. The van der Waals surface area contributed by atoms with Crippen molar-refractivity contribution in [2.45, 2.75) is 69.4 Å². The van der Waals surface area contributed by atoms with E-state index in [1.54, 1.807) is 0 Å². The maximum absolute atomic E-state index is 11.8. The number of hydrogen-bond donors (Lipinski definition) is 2. The van der Waals surface area contributed by atoms with E-state index in [0.29, 0.717) is 6.42 Å². The molecule has 2 saturated carbocycles. The average molecular weight is 210 g/mol. The van der Waals surface area contributed by atoms with Crippen LogP contribution in [0, 0.1) is 0 Å². The number of nitrogens with two attached hydrogens (primary N) is 1. The Balaban J connectivity index is 1.81. The molecule has 3 heteroatoms. The summed E-state index contributed by atoms with van der Waals surface area (Å²) < 4.78 is 0. The highest BCUT2D eigenvalue weighted by Gasteiger charge is 2.37. The van der Waals surface area contributed by atoms with Crippen LogP contribution in [0.5, 0.6) is 0 Å². The van der Waals surface area contributed by atoms with Crippen LogP contribution in [-0.2, 0) is 4.79 Å². The Hall–Kier alpha value is -0.570. The van der Waals surface area contributed by atoms with Gasteiger partial charge in [0, 0.05) is 17.5 Å².